The SMILES string of the molecule is CN(C)c1cccc(CCC2CCCCC2)c1. The van der Waals surface area contributed by atoms with Crippen molar-refractivity contribution in [2.24, 2.45) is 5.92 Å². The molecule has 1 aromatic rings. The van der Waals surface area contributed by atoms with Crippen LogP contribution in [0.2, 0.25) is 0 Å². The van der Waals surface area contributed by atoms with Crippen LogP contribution in [-0.2, 0) is 6.42 Å². The van der Waals surface area contributed by atoms with Gasteiger partial charge < -0.3 is 4.90 Å². The number of anilines is 1. The Balaban J connectivity index is 1.87. The maximum atomic E-state index is 2.34. The number of hydrogen-bond donors (Lipinski definition) is 0. The van der Waals surface area contributed by atoms with Gasteiger partial charge in [0.05, 0.1) is 0 Å². The first-order chi connectivity index (χ1) is 8.25. The molecule has 0 unspecified atom stereocenters. The van der Waals surface area contributed by atoms with Crippen LogP contribution in [0.3, 0.4) is 0 Å². The first kappa shape index (κ1) is 12.5. The van der Waals surface area contributed by atoms with Gasteiger partial charge in [0.2, 0.25) is 0 Å². The standard InChI is InChI=1S/C16H25N/c1-17(2)16-10-6-9-15(13-16)12-11-14-7-4-3-5-8-14/h6,9-10,13-14H,3-5,7-8,11-12H2,1-2H3. The zero-order chi connectivity index (χ0) is 12.1. The van der Waals surface area contributed by atoms with Gasteiger partial charge in [-0.1, -0.05) is 44.2 Å². The molecule has 0 radical (unpaired) electrons. The van der Waals surface area contributed by atoms with Gasteiger partial charge in [-0.15, -0.1) is 0 Å². The first-order valence-electron chi connectivity index (χ1n) is 7.02. The normalized spacial score (nSPS) is 17.1. The van der Waals surface area contributed by atoms with E-state index in [9.17, 15) is 0 Å². The Morgan fingerprint density at radius 1 is 1.12 bits per heavy atom. The van der Waals surface area contributed by atoms with Crippen molar-refractivity contribution < 1.29 is 0 Å². The van der Waals surface area contributed by atoms with Crippen LogP contribution in [0.15, 0.2) is 24.3 Å². The average Bonchev–Trinajstić information content (AvgIpc) is 2.38. The predicted molar refractivity (Wildman–Crippen MR) is 75.7 cm³/mol. The van der Waals surface area contributed by atoms with Crippen molar-refractivity contribution in [2.45, 2.75) is 44.9 Å². The summed E-state index contributed by atoms with van der Waals surface area (Å²) >= 11 is 0. The van der Waals surface area contributed by atoms with Crippen molar-refractivity contribution in [1.82, 2.24) is 0 Å². The number of benzene rings is 1. The summed E-state index contributed by atoms with van der Waals surface area (Å²) in [6.45, 7) is 0. The van der Waals surface area contributed by atoms with Gasteiger partial charge in [0, 0.05) is 19.8 Å². The molecule has 1 heteroatoms. The number of rotatable bonds is 4. The highest BCUT2D eigenvalue weighted by Gasteiger charge is 2.13. The van der Waals surface area contributed by atoms with Gasteiger partial charge in [-0.05, 0) is 36.5 Å². The molecular weight excluding hydrogens is 206 g/mol. The largest absolute Gasteiger partial charge is 0.378 e. The molecule has 0 heterocycles. The minimum absolute atomic E-state index is 0.992. The monoisotopic (exact) mass is 231 g/mol. The molecule has 2 rings (SSSR count). The van der Waals surface area contributed by atoms with Gasteiger partial charge in [-0.25, -0.2) is 0 Å². The Labute approximate surface area is 106 Å². The van der Waals surface area contributed by atoms with Gasteiger partial charge in [0.25, 0.3) is 0 Å². The maximum Gasteiger partial charge on any atom is 0.0363 e. The van der Waals surface area contributed by atoms with Crippen molar-refractivity contribution in [3.8, 4) is 0 Å². The Morgan fingerprint density at radius 2 is 1.88 bits per heavy atom. The second-order valence-electron chi connectivity index (χ2n) is 5.61. The van der Waals surface area contributed by atoms with Gasteiger partial charge in [-0.3, -0.25) is 0 Å². The third-order valence-corrected chi connectivity index (χ3v) is 3.99. The van der Waals surface area contributed by atoms with Gasteiger partial charge in [0.1, 0.15) is 0 Å². The Hall–Kier alpha value is -0.980. The molecule has 0 N–H and O–H groups in total. The summed E-state index contributed by atoms with van der Waals surface area (Å²) in [5, 5.41) is 0. The van der Waals surface area contributed by atoms with Crippen LogP contribution in [0.25, 0.3) is 0 Å². The molecule has 0 atom stereocenters. The van der Waals surface area contributed by atoms with Crippen molar-refractivity contribution in [3.63, 3.8) is 0 Å². The lowest BCUT2D eigenvalue weighted by Crippen LogP contribution is -2.09. The lowest BCUT2D eigenvalue weighted by atomic mass is 9.85. The van der Waals surface area contributed by atoms with Crippen LogP contribution in [0, 0.1) is 5.92 Å². The minimum Gasteiger partial charge on any atom is -0.378 e. The molecule has 0 aromatic heterocycles. The van der Waals surface area contributed by atoms with E-state index < -0.39 is 0 Å². The van der Waals surface area contributed by atoms with Crippen LogP contribution in [-0.4, -0.2) is 14.1 Å². The summed E-state index contributed by atoms with van der Waals surface area (Å²) in [4.78, 5) is 2.18. The third kappa shape index (κ3) is 3.76. The molecule has 0 saturated heterocycles. The molecule has 0 bridgehead atoms. The molecule has 1 aromatic carbocycles. The molecule has 1 saturated carbocycles. The van der Waals surface area contributed by atoms with Crippen LogP contribution < -0.4 is 4.90 Å². The maximum absolute atomic E-state index is 2.34. The van der Waals surface area contributed by atoms with Crippen molar-refractivity contribution in [3.05, 3.63) is 29.8 Å². The van der Waals surface area contributed by atoms with Crippen molar-refractivity contribution >= 4 is 5.69 Å². The second kappa shape index (κ2) is 6.09. The molecule has 0 aliphatic heterocycles. The number of aryl methyl sites for hydroxylation is 1. The number of nitrogens with zero attached hydrogens (tertiary/aromatic N) is 1. The molecule has 1 aliphatic rings. The molecule has 1 nitrogen and oxygen atoms in total. The number of hydrogen-bond acceptors (Lipinski definition) is 1. The fraction of sp³-hybridized carbons (Fsp3) is 0.625. The summed E-state index contributed by atoms with van der Waals surface area (Å²) in [5.41, 5.74) is 2.83. The quantitative estimate of drug-likeness (QED) is 0.748. The van der Waals surface area contributed by atoms with Gasteiger partial charge in [0.15, 0.2) is 0 Å². The van der Waals surface area contributed by atoms with Crippen LogP contribution in [0.1, 0.15) is 44.1 Å². The van der Waals surface area contributed by atoms with E-state index in [2.05, 4.69) is 43.3 Å². The topological polar surface area (TPSA) is 3.24 Å². The van der Waals surface area contributed by atoms with E-state index in [4.69, 9.17) is 0 Å². The van der Waals surface area contributed by atoms with Gasteiger partial charge in [-0.2, -0.15) is 0 Å². The van der Waals surface area contributed by atoms with Crippen LogP contribution >= 0.6 is 0 Å². The molecular formula is C16H25N. The highest BCUT2D eigenvalue weighted by atomic mass is 15.1. The Morgan fingerprint density at radius 3 is 2.59 bits per heavy atom. The summed E-state index contributed by atoms with van der Waals surface area (Å²) < 4.78 is 0. The predicted octanol–water partition coefficient (Wildman–Crippen LogP) is 4.27. The molecule has 1 fully saturated rings. The smallest absolute Gasteiger partial charge is 0.0363 e. The van der Waals surface area contributed by atoms with Crippen molar-refractivity contribution in [1.29, 1.82) is 0 Å². The molecule has 1 aliphatic carbocycles. The molecule has 94 valence electrons. The summed E-state index contributed by atoms with van der Waals surface area (Å²) in [6.07, 6.45) is 9.96. The highest BCUT2D eigenvalue weighted by Crippen LogP contribution is 2.27. The van der Waals surface area contributed by atoms with E-state index in [-0.39, 0.29) is 0 Å². The van der Waals surface area contributed by atoms with Crippen LogP contribution in [0.4, 0.5) is 5.69 Å². The minimum atomic E-state index is 0.992. The Bertz CT molecular complexity index is 337. The first-order valence-corrected chi connectivity index (χ1v) is 7.02. The van der Waals surface area contributed by atoms with Crippen molar-refractivity contribution in [2.75, 3.05) is 19.0 Å². The van der Waals surface area contributed by atoms with E-state index in [1.54, 1.807) is 0 Å². The van der Waals surface area contributed by atoms with E-state index in [0.717, 1.165) is 5.92 Å². The fourth-order valence-electron chi connectivity index (χ4n) is 2.84. The van der Waals surface area contributed by atoms with E-state index >= 15 is 0 Å². The fourth-order valence-corrected chi connectivity index (χ4v) is 2.84. The van der Waals surface area contributed by atoms with E-state index in [1.807, 2.05) is 0 Å². The zero-order valence-electron chi connectivity index (χ0n) is 11.3. The average molecular weight is 231 g/mol. The van der Waals surface area contributed by atoms with Crippen LogP contribution in [0.5, 0.6) is 0 Å². The van der Waals surface area contributed by atoms with Gasteiger partial charge >= 0.3 is 0 Å². The second-order valence-corrected chi connectivity index (χ2v) is 5.61. The van der Waals surface area contributed by atoms with E-state index in [0.29, 0.717) is 0 Å². The Kier molecular flexibility index (Phi) is 4.47. The van der Waals surface area contributed by atoms with E-state index in [1.165, 1.54) is 56.2 Å². The molecule has 0 amide bonds. The summed E-state index contributed by atoms with van der Waals surface area (Å²) in [5.74, 6) is 0.992. The molecule has 17 heavy (non-hydrogen) atoms. The highest BCUT2D eigenvalue weighted by molar-refractivity contribution is 5.47. The summed E-state index contributed by atoms with van der Waals surface area (Å²) in [6, 6.07) is 8.98. The third-order valence-electron chi connectivity index (χ3n) is 3.99. The summed E-state index contributed by atoms with van der Waals surface area (Å²) in [7, 11) is 4.22. The lowest BCUT2D eigenvalue weighted by molar-refractivity contribution is 0.339. The molecule has 0 spiro atoms. The zero-order valence-corrected chi connectivity index (χ0v) is 11.3. The lowest BCUT2D eigenvalue weighted by Gasteiger charge is -2.21.